The van der Waals surface area contributed by atoms with Gasteiger partial charge in [0.05, 0.1) is 31.8 Å². The molecule has 178 valence electrons. The van der Waals surface area contributed by atoms with Crippen LogP contribution in [-0.4, -0.2) is 56.2 Å². The number of nitrogens with zero attached hydrogens (tertiary/aromatic N) is 2. The van der Waals surface area contributed by atoms with E-state index in [2.05, 4.69) is 10.3 Å². The maximum Gasteiger partial charge on any atom is 0.283 e. The summed E-state index contributed by atoms with van der Waals surface area (Å²) in [4.78, 5) is 31.9. The lowest BCUT2D eigenvalue weighted by atomic mass is 10.1. The summed E-state index contributed by atoms with van der Waals surface area (Å²) < 4.78 is 16.4. The van der Waals surface area contributed by atoms with Gasteiger partial charge in [0.15, 0.2) is 16.7 Å². The Morgan fingerprint density at radius 2 is 2.03 bits per heavy atom. The van der Waals surface area contributed by atoms with E-state index >= 15 is 0 Å². The SMILES string of the molecule is COc1cccc(/C=C2/N=C(SCC(=O)NCC3CCCO3)N(c3ccccc3)C2=O)c1OC. The van der Waals surface area contributed by atoms with E-state index in [1.807, 2.05) is 42.5 Å². The second-order valence-electron chi connectivity index (χ2n) is 7.71. The minimum atomic E-state index is -0.279. The van der Waals surface area contributed by atoms with Crippen molar-refractivity contribution in [2.45, 2.75) is 18.9 Å². The zero-order valence-electron chi connectivity index (χ0n) is 19.2. The maximum absolute atomic E-state index is 13.4. The molecule has 2 heterocycles. The minimum Gasteiger partial charge on any atom is -0.493 e. The van der Waals surface area contributed by atoms with Crippen LogP contribution in [0.1, 0.15) is 18.4 Å². The Hall–Kier alpha value is -3.30. The lowest BCUT2D eigenvalue weighted by molar-refractivity contribution is -0.119. The molecule has 4 rings (SSSR count). The lowest BCUT2D eigenvalue weighted by Gasteiger charge is -2.17. The number of nitrogens with one attached hydrogen (secondary N) is 1. The number of para-hydroxylation sites is 2. The van der Waals surface area contributed by atoms with Crippen molar-refractivity contribution in [3.8, 4) is 11.5 Å². The van der Waals surface area contributed by atoms with Gasteiger partial charge in [0, 0.05) is 18.7 Å². The number of rotatable bonds is 8. The van der Waals surface area contributed by atoms with Crippen LogP contribution in [0.3, 0.4) is 0 Å². The van der Waals surface area contributed by atoms with Crippen LogP contribution in [0.4, 0.5) is 5.69 Å². The highest BCUT2D eigenvalue weighted by Crippen LogP contribution is 2.34. The van der Waals surface area contributed by atoms with Crippen molar-refractivity contribution in [2.24, 2.45) is 4.99 Å². The smallest absolute Gasteiger partial charge is 0.283 e. The molecule has 1 N–H and O–H groups in total. The summed E-state index contributed by atoms with van der Waals surface area (Å²) in [5, 5.41) is 3.35. The molecular formula is C25H27N3O5S. The largest absolute Gasteiger partial charge is 0.493 e. The van der Waals surface area contributed by atoms with Crippen molar-refractivity contribution >= 4 is 40.5 Å². The Kier molecular flexibility index (Phi) is 7.87. The van der Waals surface area contributed by atoms with Crippen molar-refractivity contribution in [2.75, 3.05) is 38.0 Å². The highest BCUT2D eigenvalue weighted by Gasteiger charge is 2.32. The number of amidine groups is 1. The third kappa shape index (κ3) is 5.43. The summed E-state index contributed by atoms with van der Waals surface area (Å²) in [6, 6.07) is 14.7. The number of hydrogen-bond donors (Lipinski definition) is 1. The van der Waals surface area contributed by atoms with Crippen LogP contribution in [0.25, 0.3) is 6.08 Å². The van der Waals surface area contributed by atoms with Gasteiger partial charge in [-0.05, 0) is 37.1 Å². The number of thioether (sulfide) groups is 1. The first-order chi connectivity index (χ1) is 16.6. The molecule has 0 aliphatic carbocycles. The molecule has 0 bridgehead atoms. The third-order valence-corrected chi connectivity index (χ3v) is 6.39. The molecule has 8 nitrogen and oxygen atoms in total. The van der Waals surface area contributed by atoms with E-state index in [0.717, 1.165) is 19.4 Å². The van der Waals surface area contributed by atoms with Gasteiger partial charge in [0.25, 0.3) is 5.91 Å². The quantitative estimate of drug-likeness (QED) is 0.581. The van der Waals surface area contributed by atoms with Crippen molar-refractivity contribution in [3.63, 3.8) is 0 Å². The zero-order valence-corrected chi connectivity index (χ0v) is 20.0. The van der Waals surface area contributed by atoms with Crippen molar-refractivity contribution in [3.05, 3.63) is 59.8 Å². The zero-order chi connectivity index (χ0) is 23.9. The summed E-state index contributed by atoms with van der Waals surface area (Å²) in [6.07, 6.45) is 3.73. The van der Waals surface area contributed by atoms with Gasteiger partial charge in [0.1, 0.15) is 5.70 Å². The number of hydrogen-bond acceptors (Lipinski definition) is 7. The molecule has 2 aromatic rings. The number of methoxy groups -OCH3 is 2. The Labute approximate surface area is 203 Å². The number of anilines is 1. The molecular weight excluding hydrogens is 454 g/mol. The second-order valence-corrected chi connectivity index (χ2v) is 8.65. The van der Waals surface area contributed by atoms with E-state index in [9.17, 15) is 9.59 Å². The third-order valence-electron chi connectivity index (χ3n) is 5.45. The summed E-state index contributed by atoms with van der Waals surface area (Å²) in [6.45, 7) is 1.24. The molecule has 34 heavy (non-hydrogen) atoms. The van der Waals surface area contributed by atoms with Gasteiger partial charge < -0.3 is 19.5 Å². The summed E-state index contributed by atoms with van der Waals surface area (Å²) in [7, 11) is 3.11. The topological polar surface area (TPSA) is 89.5 Å². The number of carbonyl (C=O) groups excluding carboxylic acids is 2. The van der Waals surface area contributed by atoms with E-state index in [1.165, 1.54) is 16.7 Å². The molecule has 1 saturated heterocycles. The highest BCUT2D eigenvalue weighted by atomic mass is 32.2. The molecule has 0 radical (unpaired) electrons. The van der Waals surface area contributed by atoms with Gasteiger partial charge >= 0.3 is 0 Å². The van der Waals surface area contributed by atoms with Crippen LogP contribution >= 0.6 is 11.8 Å². The van der Waals surface area contributed by atoms with Gasteiger partial charge in [-0.15, -0.1) is 0 Å². The average Bonchev–Trinajstić information content (AvgIpc) is 3.49. The van der Waals surface area contributed by atoms with Crippen molar-refractivity contribution < 1.29 is 23.8 Å². The fraction of sp³-hybridized carbons (Fsp3) is 0.320. The van der Waals surface area contributed by atoms with E-state index in [0.29, 0.717) is 34.5 Å². The number of carbonyl (C=O) groups is 2. The number of benzene rings is 2. The molecule has 2 aromatic carbocycles. The molecule has 2 aliphatic heterocycles. The Balaban J connectivity index is 1.56. The predicted octanol–water partition coefficient (Wildman–Crippen LogP) is 3.48. The average molecular weight is 482 g/mol. The fourth-order valence-corrected chi connectivity index (χ4v) is 4.63. The summed E-state index contributed by atoms with van der Waals surface area (Å²) in [5.41, 5.74) is 1.60. The van der Waals surface area contributed by atoms with Gasteiger partial charge in [0.2, 0.25) is 5.91 Å². The van der Waals surface area contributed by atoms with E-state index in [1.54, 1.807) is 26.4 Å². The second kappa shape index (κ2) is 11.2. The standard InChI is InChI=1S/C25H27N3O5S/c1-31-21-12-6-8-17(23(21)32-2)14-20-24(30)28(18-9-4-3-5-10-18)25(27-20)34-16-22(29)26-15-19-11-7-13-33-19/h3-6,8-10,12,14,19H,7,11,13,15-16H2,1-2H3,(H,26,29)/b20-14+. The van der Waals surface area contributed by atoms with Crippen LogP contribution in [0.2, 0.25) is 0 Å². The first-order valence-corrected chi connectivity index (χ1v) is 12.0. The van der Waals surface area contributed by atoms with Crippen molar-refractivity contribution in [1.82, 2.24) is 5.32 Å². The molecule has 1 atom stereocenters. The summed E-state index contributed by atoms with van der Waals surface area (Å²) >= 11 is 1.22. The lowest BCUT2D eigenvalue weighted by Crippen LogP contribution is -2.35. The highest BCUT2D eigenvalue weighted by molar-refractivity contribution is 8.14. The fourth-order valence-electron chi connectivity index (χ4n) is 3.78. The Bertz CT molecular complexity index is 1100. The van der Waals surface area contributed by atoms with Gasteiger partial charge in [-0.25, -0.2) is 4.99 Å². The normalized spacial score (nSPS) is 18.8. The Morgan fingerprint density at radius 3 is 2.74 bits per heavy atom. The molecule has 0 saturated carbocycles. The van der Waals surface area contributed by atoms with Crippen LogP contribution in [0, 0.1) is 0 Å². The van der Waals surface area contributed by atoms with Crippen LogP contribution < -0.4 is 19.7 Å². The first kappa shape index (κ1) is 23.8. The maximum atomic E-state index is 13.4. The molecule has 2 aliphatic rings. The van der Waals surface area contributed by atoms with Gasteiger partial charge in [-0.3, -0.25) is 14.5 Å². The molecule has 2 amide bonds. The number of ether oxygens (including phenoxy) is 3. The Morgan fingerprint density at radius 1 is 1.21 bits per heavy atom. The van der Waals surface area contributed by atoms with Crippen LogP contribution in [0.15, 0.2) is 59.2 Å². The molecule has 1 fully saturated rings. The minimum absolute atomic E-state index is 0.0764. The van der Waals surface area contributed by atoms with Gasteiger partial charge in [-0.1, -0.05) is 42.1 Å². The van der Waals surface area contributed by atoms with Crippen LogP contribution in [0.5, 0.6) is 11.5 Å². The summed E-state index contributed by atoms with van der Waals surface area (Å²) in [5.74, 6) is 0.803. The molecule has 1 unspecified atom stereocenters. The number of aliphatic imine (C=N–C) groups is 1. The van der Waals surface area contributed by atoms with Gasteiger partial charge in [-0.2, -0.15) is 0 Å². The van der Waals surface area contributed by atoms with Crippen LogP contribution in [-0.2, 0) is 14.3 Å². The monoisotopic (exact) mass is 481 g/mol. The molecule has 9 heteroatoms. The number of amides is 2. The first-order valence-electron chi connectivity index (χ1n) is 11.0. The van der Waals surface area contributed by atoms with E-state index in [4.69, 9.17) is 14.2 Å². The molecule has 0 aromatic heterocycles. The molecule has 0 spiro atoms. The van der Waals surface area contributed by atoms with Crippen molar-refractivity contribution in [1.29, 1.82) is 0 Å². The van der Waals surface area contributed by atoms with E-state index < -0.39 is 0 Å². The van der Waals surface area contributed by atoms with E-state index in [-0.39, 0.29) is 29.4 Å². The predicted molar refractivity (Wildman–Crippen MR) is 133 cm³/mol.